The highest BCUT2D eigenvalue weighted by Gasteiger charge is 2.49. The standard InChI is InChI=1S/C24H37NO/c1-26-19-7-16-25-17-13-22(14-18-25)24(21-10-3-4-11-21)15-6-9-20-8-2-5-12-23(20)24/h2,5,8,12,21-22H,3-4,6-7,9-11,13-19H2,1H3. The first-order valence-corrected chi connectivity index (χ1v) is 11.1. The zero-order chi connectivity index (χ0) is 17.8. The molecule has 1 heterocycles. The topological polar surface area (TPSA) is 12.5 Å². The highest BCUT2D eigenvalue weighted by molar-refractivity contribution is 5.39. The molecule has 1 saturated carbocycles. The molecule has 1 atom stereocenters. The van der Waals surface area contributed by atoms with Crippen molar-refractivity contribution in [2.45, 2.75) is 69.6 Å². The Kier molecular flexibility index (Phi) is 6.00. The van der Waals surface area contributed by atoms with E-state index in [4.69, 9.17) is 4.74 Å². The Bertz CT molecular complexity index is 571. The van der Waals surface area contributed by atoms with Crippen LogP contribution >= 0.6 is 0 Å². The van der Waals surface area contributed by atoms with E-state index in [1.165, 1.54) is 83.8 Å². The van der Waals surface area contributed by atoms with Crippen LogP contribution in [0, 0.1) is 11.8 Å². The summed E-state index contributed by atoms with van der Waals surface area (Å²) in [6, 6.07) is 9.52. The van der Waals surface area contributed by atoms with Gasteiger partial charge in [0.05, 0.1) is 0 Å². The average molecular weight is 356 g/mol. The number of methoxy groups -OCH3 is 1. The molecular weight excluding hydrogens is 318 g/mol. The van der Waals surface area contributed by atoms with Gasteiger partial charge in [-0.05, 0) is 87.4 Å². The first-order chi connectivity index (χ1) is 12.8. The van der Waals surface area contributed by atoms with Crippen molar-refractivity contribution >= 4 is 0 Å². The summed E-state index contributed by atoms with van der Waals surface area (Å²) < 4.78 is 5.25. The number of fused-ring (bicyclic) bond motifs is 1. The Labute approximate surface area is 160 Å². The Morgan fingerprint density at radius 2 is 1.73 bits per heavy atom. The lowest BCUT2D eigenvalue weighted by molar-refractivity contribution is 0.0691. The predicted molar refractivity (Wildman–Crippen MR) is 109 cm³/mol. The first kappa shape index (κ1) is 18.5. The fraction of sp³-hybridized carbons (Fsp3) is 0.750. The molecule has 0 spiro atoms. The SMILES string of the molecule is COCCCN1CCC(C2(C3CCCC3)CCCc3ccccc32)CC1. The van der Waals surface area contributed by atoms with Crippen molar-refractivity contribution in [2.75, 3.05) is 33.4 Å². The van der Waals surface area contributed by atoms with Gasteiger partial charge < -0.3 is 9.64 Å². The molecule has 26 heavy (non-hydrogen) atoms. The number of hydrogen-bond donors (Lipinski definition) is 0. The van der Waals surface area contributed by atoms with Crippen LogP contribution < -0.4 is 0 Å². The highest BCUT2D eigenvalue weighted by Crippen LogP contribution is 2.55. The van der Waals surface area contributed by atoms with Gasteiger partial charge in [-0.2, -0.15) is 0 Å². The molecule has 2 heteroatoms. The molecule has 0 bridgehead atoms. The molecule has 0 radical (unpaired) electrons. The van der Waals surface area contributed by atoms with Crippen molar-refractivity contribution in [1.29, 1.82) is 0 Å². The van der Waals surface area contributed by atoms with E-state index in [1.54, 1.807) is 11.1 Å². The first-order valence-electron chi connectivity index (χ1n) is 11.1. The number of rotatable bonds is 6. The molecule has 1 saturated heterocycles. The lowest BCUT2D eigenvalue weighted by Crippen LogP contribution is -2.49. The van der Waals surface area contributed by atoms with Gasteiger partial charge in [0.2, 0.25) is 0 Å². The van der Waals surface area contributed by atoms with E-state index >= 15 is 0 Å². The Morgan fingerprint density at radius 1 is 1.00 bits per heavy atom. The molecule has 0 N–H and O–H groups in total. The number of likely N-dealkylation sites (tertiary alicyclic amines) is 1. The van der Waals surface area contributed by atoms with Gasteiger partial charge in [-0.3, -0.25) is 0 Å². The monoisotopic (exact) mass is 355 g/mol. The maximum atomic E-state index is 5.25. The fourth-order valence-electron chi connectivity index (χ4n) is 6.62. The summed E-state index contributed by atoms with van der Waals surface area (Å²) in [4.78, 5) is 2.69. The van der Waals surface area contributed by atoms with Crippen LogP contribution in [0.5, 0.6) is 0 Å². The molecule has 3 aliphatic rings. The van der Waals surface area contributed by atoms with E-state index in [0.29, 0.717) is 5.41 Å². The van der Waals surface area contributed by atoms with E-state index in [2.05, 4.69) is 29.2 Å². The summed E-state index contributed by atoms with van der Waals surface area (Å²) in [7, 11) is 1.82. The number of aryl methyl sites for hydroxylation is 1. The van der Waals surface area contributed by atoms with Gasteiger partial charge in [0.1, 0.15) is 0 Å². The van der Waals surface area contributed by atoms with Gasteiger partial charge in [-0.1, -0.05) is 37.1 Å². The number of ether oxygens (including phenoxy) is 1. The van der Waals surface area contributed by atoms with Crippen molar-refractivity contribution in [3.05, 3.63) is 35.4 Å². The van der Waals surface area contributed by atoms with Gasteiger partial charge in [-0.15, -0.1) is 0 Å². The second-order valence-corrected chi connectivity index (χ2v) is 8.99. The summed E-state index contributed by atoms with van der Waals surface area (Å²) in [5.41, 5.74) is 3.92. The molecule has 4 rings (SSSR count). The minimum Gasteiger partial charge on any atom is -0.385 e. The molecule has 2 fully saturated rings. The average Bonchev–Trinajstić information content (AvgIpc) is 3.23. The third kappa shape index (κ3) is 3.47. The number of hydrogen-bond acceptors (Lipinski definition) is 2. The lowest BCUT2D eigenvalue weighted by Gasteiger charge is -2.52. The zero-order valence-electron chi connectivity index (χ0n) is 16.7. The van der Waals surface area contributed by atoms with Crippen LogP contribution in [-0.4, -0.2) is 38.3 Å². The maximum Gasteiger partial charge on any atom is 0.0474 e. The van der Waals surface area contributed by atoms with Crippen molar-refractivity contribution < 1.29 is 4.74 Å². The highest BCUT2D eigenvalue weighted by atomic mass is 16.5. The van der Waals surface area contributed by atoms with Crippen molar-refractivity contribution in [3.8, 4) is 0 Å². The molecule has 2 aliphatic carbocycles. The third-order valence-corrected chi connectivity index (χ3v) is 7.78. The molecule has 1 aliphatic heterocycles. The van der Waals surface area contributed by atoms with Gasteiger partial charge in [-0.25, -0.2) is 0 Å². The summed E-state index contributed by atoms with van der Waals surface area (Å²) in [6.07, 6.45) is 14.0. The lowest BCUT2D eigenvalue weighted by atomic mass is 9.54. The Hall–Kier alpha value is -0.860. The Balaban J connectivity index is 1.55. The van der Waals surface area contributed by atoms with Crippen LogP contribution in [0.15, 0.2) is 24.3 Å². The quantitative estimate of drug-likeness (QED) is 0.650. The van der Waals surface area contributed by atoms with E-state index in [-0.39, 0.29) is 0 Å². The number of nitrogens with zero attached hydrogens (tertiary/aromatic N) is 1. The summed E-state index contributed by atoms with van der Waals surface area (Å²) >= 11 is 0. The third-order valence-electron chi connectivity index (χ3n) is 7.78. The smallest absolute Gasteiger partial charge is 0.0474 e. The maximum absolute atomic E-state index is 5.25. The van der Waals surface area contributed by atoms with Crippen molar-refractivity contribution in [2.24, 2.45) is 11.8 Å². The van der Waals surface area contributed by atoms with E-state index in [9.17, 15) is 0 Å². The number of piperidine rings is 1. The minimum absolute atomic E-state index is 0.490. The van der Waals surface area contributed by atoms with Crippen LogP contribution in [0.3, 0.4) is 0 Å². The zero-order valence-corrected chi connectivity index (χ0v) is 16.7. The summed E-state index contributed by atoms with van der Waals surface area (Å²) in [5, 5.41) is 0. The number of benzene rings is 1. The van der Waals surface area contributed by atoms with Crippen LogP contribution in [0.2, 0.25) is 0 Å². The van der Waals surface area contributed by atoms with E-state index in [0.717, 1.165) is 18.4 Å². The van der Waals surface area contributed by atoms with Crippen LogP contribution in [0.1, 0.15) is 68.9 Å². The predicted octanol–water partition coefficient (Wildman–Crippen LogP) is 5.20. The van der Waals surface area contributed by atoms with Gasteiger partial charge in [0, 0.05) is 25.7 Å². The van der Waals surface area contributed by atoms with Gasteiger partial charge in [0.15, 0.2) is 0 Å². The van der Waals surface area contributed by atoms with Crippen LogP contribution in [0.25, 0.3) is 0 Å². The summed E-state index contributed by atoms with van der Waals surface area (Å²) in [5.74, 6) is 1.83. The molecule has 0 aromatic heterocycles. The molecular formula is C24H37NO. The van der Waals surface area contributed by atoms with E-state index in [1.807, 2.05) is 7.11 Å². The van der Waals surface area contributed by atoms with Gasteiger partial charge in [0.25, 0.3) is 0 Å². The Morgan fingerprint density at radius 3 is 2.50 bits per heavy atom. The largest absolute Gasteiger partial charge is 0.385 e. The summed E-state index contributed by atoms with van der Waals surface area (Å²) in [6.45, 7) is 4.71. The second kappa shape index (κ2) is 8.44. The molecule has 1 aromatic carbocycles. The molecule has 0 amide bonds. The van der Waals surface area contributed by atoms with Crippen LogP contribution in [-0.2, 0) is 16.6 Å². The minimum atomic E-state index is 0.490. The molecule has 144 valence electrons. The second-order valence-electron chi connectivity index (χ2n) is 8.99. The molecule has 1 aromatic rings. The normalized spacial score (nSPS) is 28.3. The molecule has 1 unspecified atom stereocenters. The van der Waals surface area contributed by atoms with Crippen molar-refractivity contribution in [3.63, 3.8) is 0 Å². The fourth-order valence-corrected chi connectivity index (χ4v) is 6.62. The van der Waals surface area contributed by atoms with Crippen LogP contribution in [0.4, 0.5) is 0 Å². The van der Waals surface area contributed by atoms with E-state index < -0.39 is 0 Å². The molecule has 2 nitrogen and oxygen atoms in total. The van der Waals surface area contributed by atoms with Crippen molar-refractivity contribution in [1.82, 2.24) is 4.90 Å². The van der Waals surface area contributed by atoms with Gasteiger partial charge >= 0.3 is 0 Å².